The van der Waals surface area contributed by atoms with Crippen LogP contribution in [-0.2, 0) is 15.2 Å². The van der Waals surface area contributed by atoms with Crippen LogP contribution in [0.25, 0.3) is 0 Å². The Hall–Kier alpha value is 0.0800. The third-order valence-corrected chi connectivity index (χ3v) is 0.365. The van der Waals surface area contributed by atoms with Crippen LogP contribution in [0.4, 0.5) is 0 Å². The predicted octanol–water partition coefficient (Wildman–Crippen LogP) is -2.89. The van der Waals surface area contributed by atoms with Crippen LogP contribution < -0.4 is 29.6 Å². The normalized spacial score (nSPS) is 8.58. The number of hydrogen-bond donors (Lipinski definition) is 3. The second-order valence-corrected chi connectivity index (χ2v) is 2.43. The van der Waals surface area contributed by atoms with E-state index in [1.807, 2.05) is 0 Å². The number of carboxylic acid groups (broad SMARTS) is 1. The third kappa shape index (κ3) is 49.9. The average molecular weight is 208 g/mol. The first-order chi connectivity index (χ1) is 4.64. The summed E-state index contributed by atoms with van der Waals surface area (Å²) in [5.74, 6) is -0.935. The largest absolute Gasteiger partial charge is 1.00 e. The number of rotatable bonds is 1. The zero-order valence-electron chi connectivity index (χ0n) is 7.68. The fourth-order valence-corrected chi connectivity index (χ4v) is 0. The summed E-state index contributed by atoms with van der Waals surface area (Å²) in [6, 6.07) is 0. The quantitative estimate of drug-likeness (QED) is 0.242. The third-order valence-electron chi connectivity index (χ3n) is 0.365. The van der Waals surface area contributed by atoms with E-state index in [9.17, 15) is 4.79 Å². The molecule has 0 aliphatic carbocycles. The molecule has 0 aromatic heterocycles. The van der Waals surface area contributed by atoms with Crippen molar-refractivity contribution in [2.45, 2.75) is 6.92 Å². The Morgan fingerprint density at radius 1 is 1.42 bits per heavy atom. The Morgan fingerprint density at radius 2 is 1.50 bits per heavy atom. The Morgan fingerprint density at radius 3 is 1.50 bits per heavy atom. The van der Waals surface area contributed by atoms with Crippen molar-refractivity contribution in [3.8, 4) is 0 Å². The SMILES string of the molecule is C=C(C)C(=O)O.O=S(=O)(O)O.[H-].[Na+]. The van der Waals surface area contributed by atoms with E-state index in [1.54, 1.807) is 0 Å². The average Bonchev–Trinajstić information content (AvgIpc) is 1.59. The van der Waals surface area contributed by atoms with Gasteiger partial charge in [0.05, 0.1) is 0 Å². The van der Waals surface area contributed by atoms with Crippen molar-refractivity contribution in [3.05, 3.63) is 12.2 Å². The van der Waals surface area contributed by atoms with Gasteiger partial charge in [-0.15, -0.1) is 0 Å². The first-order valence-electron chi connectivity index (χ1n) is 2.23. The zero-order valence-corrected chi connectivity index (χ0v) is 9.50. The van der Waals surface area contributed by atoms with Gasteiger partial charge in [0.2, 0.25) is 0 Å². The van der Waals surface area contributed by atoms with Crippen molar-refractivity contribution < 1.29 is 58.4 Å². The Kier molecular flexibility index (Phi) is 11.6. The minimum Gasteiger partial charge on any atom is -1.00 e. The van der Waals surface area contributed by atoms with E-state index >= 15 is 0 Å². The fraction of sp³-hybridized carbons (Fsp3) is 0.250. The summed E-state index contributed by atoms with van der Waals surface area (Å²) in [5, 5.41) is 7.89. The molecule has 0 aromatic rings. The molecule has 8 heteroatoms. The van der Waals surface area contributed by atoms with Crippen molar-refractivity contribution in [1.29, 1.82) is 0 Å². The molecule has 12 heavy (non-hydrogen) atoms. The molecule has 68 valence electrons. The molecule has 0 aliphatic rings. The van der Waals surface area contributed by atoms with Crippen molar-refractivity contribution in [3.63, 3.8) is 0 Å². The van der Waals surface area contributed by atoms with Crippen LogP contribution in [0.5, 0.6) is 0 Å². The minimum atomic E-state index is -4.67. The molecule has 0 aromatic carbocycles. The van der Waals surface area contributed by atoms with Gasteiger partial charge in [-0.1, -0.05) is 6.58 Å². The van der Waals surface area contributed by atoms with Gasteiger partial charge in [0.15, 0.2) is 0 Å². The van der Waals surface area contributed by atoms with Gasteiger partial charge < -0.3 is 6.53 Å². The molecule has 0 aliphatic heterocycles. The first-order valence-corrected chi connectivity index (χ1v) is 3.63. The molecule has 0 saturated carbocycles. The molecule has 0 atom stereocenters. The maximum absolute atomic E-state index is 9.60. The van der Waals surface area contributed by atoms with Crippen molar-refractivity contribution in [2.24, 2.45) is 0 Å². The molecule has 0 unspecified atom stereocenters. The molecule has 3 N–H and O–H groups in total. The van der Waals surface area contributed by atoms with E-state index in [0.29, 0.717) is 0 Å². The number of hydrogen-bond acceptors (Lipinski definition) is 3. The molecule has 0 rings (SSSR count). The van der Waals surface area contributed by atoms with E-state index in [2.05, 4.69) is 6.58 Å². The molecule has 0 fully saturated rings. The van der Waals surface area contributed by atoms with Crippen LogP contribution in [0.1, 0.15) is 8.35 Å². The molecular weight excluding hydrogens is 199 g/mol. The molecule has 0 bridgehead atoms. The van der Waals surface area contributed by atoms with Gasteiger partial charge in [-0.2, -0.15) is 8.42 Å². The summed E-state index contributed by atoms with van der Waals surface area (Å²) in [7, 11) is -4.67. The van der Waals surface area contributed by atoms with E-state index in [4.69, 9.17) is 22.6 Å². The van der Waals surface area contributed by atoms with Crippen LogP contribution in [0.15, 0.2) is 12.2 Å². The van der Waals surface area contributed by atoms with E-state index in [1.165, 1.54) is 6.92 Å². The van der Waals surface area contributed by atoms with Crippen LogP contribution in [0, 0.1) is 0 Å². The Labute approximate surface area is 93.6 Å². The second-order valence-electron chi connectivity index (χ2n) is 1.53. The zero-order chi connectivity index (χ0) is 9.65. The summed E-state index contributed by atoms with van der Waals surface area (Å²) in [6.07, 6.45) is 0. The molecule has 0 saturated heterocycles. The van der Waals surface area contributed by atoms with Crippen molar-refractivity contribution in [2.75, 3.05) is 0 Å². The van der Waals surface area contributed by atoms with E-state index < -0.39 is 16.4 Å². The minimum absolute atomic E-state index is 0. The maximum Gasteiger partial charge on any atom is 1.00 e. The topological polar surface area (TPSA) is 112 Å². The van der Waals surface area contributed by atoms with Gasteiger partial charge in [-0.3, -0.25) is 9.11 Å². The molecule has 6 nitrogen and oxygen atoms in total. The molecule has 0 radical (unpaired) electrons. The predicted molar refractivity (Wildman–Crippen MR) is 37.7 cm³/mol. The summed E-state index contributed by atoms with van der Waals surface area (Å²) in [6.45, 7) is 4.60. The number of carboxylic acids is 1. The maximum atomic E-state index is 9.60. The van der Waals surface area contributed by atoms with Crippen LogP contribution in [0.2, 0.25) is 0 Å². The van der Waals surface area contributed by atoms with Crippen LogP contribution >= 0.6 is 0 Å². The molecule has 0 amide bonds. The molecular formula is C4H9NaO6S. The van der Waals surface area contributed by atoms with Crippen LogP contribution in [0.3, 0.4) is 0 Å². The Balaban J connectivity index is -0.0000000546. The number of carbonyl (C=O) groups is 1. The van der Waals surface area contributed by atoms with E-state index in [0.717, 1.165) is 0 Å². The monoisotopic (exact) mass is 208 g/mol. The van der Waals surface area contributed by atoms with Crippen LogP contribution in [-0.4, -0.2) is 28.6 Å². The van der Waals surface area contributed by atoms with Gasteiger partial charge in [0, 0.05) is 5.57 Å². The standard InChI is InChI=1S/C4H6O2.Na.H2O4S.H/c1-3(2)4(5)6;;1-5(2,3)4;/h1H2,2H3,(H,5,6);;(H2,1,2,3,4);/q;+1;;-1. The van der Waals surface area contributed by atoms with Gasteiger partial charge in [-0.05, 0) is 6.92 Å². The van der Waals surface area contributed by atoms with Gasteiger partial charge in [0.25, 0.3) is 0 Å². The van der Waals surface area contributed by atoms with Gasteiger partial charge in [0.1, 0.15) is 0 Å². The first kappa shape index (κ1) is 18.0. The molecule has 0 spiro atoms. The summed E-state index contributed by atoms with van der Waals surface area (Å²) >= 11 is 0. The van der Waals surface area contributed by atoms with Gasteiger partial charge in [-0.25, -0.2) is 4.79 Å². The van der Waals surface area contributed by atoms with E-state index in [-0.39, 0.29) is 36.6 Å². The fourth-order valence-electron chi connectivity index (χ4n) is 0. The van der Waals surface area contributed by atoms with Crippen molar-refractivity contribution >= 4 is 16.4 Å². The van der Waals surface area contributed by atoms with Gasteiger partial charge >= 0.3 is 45.9 Å². The number of aliphatic carboxylic acids is 1. The smallest absolute Gasteiger partial charge is 1.00 e. The second kappa shape index (κ2) is 7.71. The summed E-state index contributed by atoms with van der Waals surface area (Å²) in [5.41, 5.74) is 0.176. The van der Waals surface area contributed by atoms with Crippen molar-refractivity contribution in [1.82, 2.24) is 0 Å². The summed E-state index contributed by atoms with van der Waals surface area (Å²) < 4.78 is 31.6. The molecule has 0 heterocycles. The Bertz CT molecular complexity index is 227. The summed E-state index contributed by atoms with van der Waals surface area (Å²) in [4.78, 5) is 9.60.